The number of nitrogens with zero attached hydrogens (tertiary/aromatic N) is 4. The maximum Gasteiger partial charge on any atom is 0.254 e. The Bertz CT molecular complexity index is 936. The highest BCUT2D eigenvalue weighted by Gasteiger charge is 2.29. The molecule has 4 rings (SSSR count). The van der Waals surface area contributed by atoms with Gasteiger partial charge in [-0.05, 0) is 50.5 Å². The number of hydrogen-bond acceptors (Lipinski definition) is 4. The van der Waals surface area contributed by atoms with E-state index in [9.17, 15) is 0 Å². The summed E-state index contributed by atoms with van der Waals surface area (Å²) < 4.78 is 4.64. The van der Waals surface area contributed by atoms with Gasteiger partial charge in [0.05, 0.1) is 6.54 Å². The van der Waals surface area contributed by atoms with E-state index >= 15 is 0 Å². The zero-order chi connectivity index (χ0) is 16.1. The van der Waals surface area contributed by atoms with E-state index in [0.717, 1.165) is 35.8 Å². The van der Waals surface area contributed by atoms with Gasteiger partial charge in [0.25, 0.3) is 5.78 Å². The molecule has 5 nitrogen and oxygen atoms in total. The van der Waals surface area contributed by atoms with Crippen molar-refractivity contribution in [2.45, 2.75) is 39.9 Å². The Kier molecular flexibility index (Phi) is 3.59. The van der Waals surface area contributed by atoms with E-state index < -0.39 is 0 Å². The van der Waals surface area contributed by atoms with Crippen molar-refractivity contribution in [1.29, 1.82) is 0 Å². The topological polar surface area (TPSA) is 39.6 Å². The van der Waals surface area contributed by atoms with Gasteiger partial charge in [-0.25, -0.2) is 4.98 Å². The van der Waals surface area contributed by atoms with E-state index in [2.05, 4.69) is 35.4 Å². The average Bonchev–Trinajstić information content (AvgIpc) is 3.08. The number of aromatic nitrogens is 4. The fourth-order valence-electron chi connectivity index (χ4n) is 3.50. The normalized spacial score (nSPS) is 20.8. The van der Waals surface area contributed by atoms with E-state index in [0.29, 0.717) is 11.8 Å². The van der Waals surface area contributed by atoms with Gasteiger partial charge in [-0.1, -0.05) is 0 Å². The van der Waals surface area contributed by atoms with Crippen LogP contribution in [0.3, 0.4) is 0 Å². The third-order valence-electron chi connectivity index (χ3n) is 4.75. The SMILES string of the molecule is Cc1cc(C)n2c(=S)n(C[NH+]3CCc4sccc4[C@H]3C)nc2n1. The first-order valence-corrected chi connectivity index (χ1v) is 9.18. The van der Waals surface area contributed by atoms with Crippen molar-refractivity contribution >= 4 is 29.3 Å². The predicted molar refractivity (Wildman–Crippen MR) is 93.6 cm³/mol. The molecular weight excluding hydrogens is 326 g/mol. The molecule has 0 aromatic carbocycles. The minimum atomic E-state index is 0.479. The molecule has 0 bridgehead atoms. The van der Waals surface area contributed by atoms with Crippen LogP contribution in [-0.2, 0) is 13.1 Å². The zero-order valence-electron chi connectivity index (χ0n) is 13.5. The monoisotopic (exact) mass is 346 g/mol. The Morgan fingerprint density at radius 3 is 3.09 bits per heavy atom. The van der Waals surface area contributed by atoms with Crippen LogP contribution in [0.4, 0.5) is 0 Å². The third kappa shape index (κ3) is 2.43. The second-order valence-electron chi connectivity index (χ2n) is 6.29. The number of aryl methyl sites for hydroxylation is 2. The molecule has 1 unspecified atom stereocenters. The maximum atomic E-state index is 5.64. The number of quaternary nitrogens is 1. The van der Waals surface area contributed by atoms with Gasteiger partial charge in [-0.15, -0.1) is 16.4 Å². The van der Waals surface area contributed by atoms with Gasteiger partial charge in [0.15, 0.2) is 6.67 Å². The van der Waals surface area contributed by atoms with Crippen molar-refractivity contribution in [2.75, 3.05) is 6.54 Å². The Balaban J connectivity index is 1.70. The molecule has 4 heterocycles. The van der Waals surface area contributed by atoms with Crippen molar-refractivity contribution in [3.05, 3.63) is 44.1 Å². The summed E-state index contributed by atoms with van der Waals surface area (Å²) in [4.78, 5) is 7.55. The lowest BCUT2D eigenvalue weighted by molar-refractivity contribution is -0.954. The van der Waals surface area contributed by atoms with Crippen molar-refractivity contribution in [3.63, 3.8) is 0 Å². The van der Waals surface area contributed by atoms with E-state index in [1.165, 1.54) is 15.3 Å². The number of hydrogen-bond donors (Lipinski definition) is 1. The summed E-state index contributed by atoms with van der Waals surface area (Å²) in [6.45, 7) is 8.25. The van der Waals surface area contributed by atoms with Crippen LogP contribution in [0, 0.1) is 18.6 Å². The van der Waals surface area contributed by atoms with Crippen LogP contribution in [0.2, 0.25) is 0 Å². The standard InChI is InChI=1S/C16H19N5S2/c1-10-8-11(2)21-15(17-10)18-20(16(21)22)9-19-6-4-14-13(12(19)3)5-7-23-14/h5,7-8,12H,4,6,9H2,1-3H3/p+1/t12-/m1/s1. The average molecular weight is 347 g/mol. The molecule has 3 aromatic rings. The van der Waals surface area contributed by atoms with Gasteiger partial charge in [0.1, 0.15) is 6.04 Å². The highest BCUT2D eigenvalue weighted by molar-refractivity contribution is 7.71. The number of nitrogens with one attached hydrogen (secondary N) is 1. The molecule has 1 aliphatic rings. The van der Waals surface area contributed by atoms with E-state index in [4.69, 9.17) is 12.2 Å². The molecule has 1 N–H and O–H groups in total. The summed E-state index contributed by atoms with van der Waals surface area (Å²) in [7, 11) is 0. The van der Waals surface area contributed by atoms with Crippen LogP contribution in [0.15, 0.2) is 17.5 Å². The highest BCUT2D eigenvalue weighted by Crippen LogP contribution is 2.24. The number of thiophene rings is 1. The Morgan fingerprint density at radius 2 is 2.26 bits per heavy atom. The molecule has 0 saturated carbocycles. The lowest BCUT2D eigenvalue weighted by atomic mass is 10.0. The lowest BCUT2D eigenvalue weighted by Crippen LogP contribution is -3.12. The molecule has 2 atom stereocenters. The molecule has 1 aliphatic heterocycles. The minimum absolute atomic E-state index is 0.479. The smallest absolute Gasteiger partial charge is 0.254 e. The second-order valence-corrected chi connectivity index (χ2v) is 7.66. The Morgan fingerprint density at radius 1 is 1.43 bits per heavy atom. The Hall–Kier alpha value is -1.57. The fraction of sp³-hybridized carbons (Fsp3) is 0.438. The first-order valence-electron chi connectivity index (χ1n) is 7.89. The van der Waals surface area contributed by atoms with Crippen LogP contribution in [-0.4, -0.2) is 25.7 Å². The molecule has 0 spiro atoms. The fourth-order valence-corrected chi connectivity index (χ4v) is 4.81. The first-order chi connectivity index (χ1) is 11.0. The summed E-state index contributed by atoms with van der Waals surface area (Å²) in [5, 5.41) is 6.86. The molecule has 7 heteroatoms. The number of fused-ring (bicyclic) bond motifs is 2. The van der Waals surface area contributed by atoms with E-state index in [1.54, 1.807) is 0 Å². The van der Waals surface area contributed by atoms with Gasteiger partial charge in [-0.2, -0.15) is 4.68 Å². The minimum Gasteiger partial charge on any atom is -0.310 e. The summed E-state index contributed by atoms with van der Waals surface area (Å²) in [5.74, 6) is 0.702. The van der Waals surface area contributed by atoms with Crippen molar-refractivity contribution in [2.24, 2.45) is 0 Å². The largest absolute Gasteiger partial charge is 0.310 e. The van der Waals surface area contributed by atoms with Crippen LogP contribution in [0.1, 0.15) is 34.8 Å². The molecule has 0 aliphatic carbocycles. The molecule has 0 fully saturated rings. The molecular formula is C16H20N5S2+. The van der Waals surface area contributed by atoms with Gasteiger partial charge in [0, 0.05) is 28.2 Å². The van der Waals surface area contributed by atoms with E-state index in [-0.39, 0.29) is 0 Å². The summed E-state index contributed by atoms with van der Waals surface area (Å²) in [5.41, 5.74) is 3.55. The summed E-state index contributed by atoms with van der Waals surface area (Å²) >= 11 is 7.52. The van der Waals surface area contributed by atoms with Gasteiger partial charge in [0.2, 0.25) is 4.77 Å². The Labute approximate surface area is 144 Å². The van der Waals surface area contributed by atoms with Crippen LogP contribution >= 0.6 is 23.6 Å². The lowest BCUT2D eigenvalue weighted by Gasteiger charge is -2.29. The van der Waals surface area contributed by atoms with Gasteiger partial charge >= 0.3 is 0 Å². The summed E-state index contributed by atoms with van der Waals surface area (Å²) in [6, 6.07) is 4.79. The molecule has 0 radical (unpaired) electrons. The van der Waals surface area contributed by atoms with Crippen LogP contribution in [0.5, 0.6) is 0 Å². The summed E-state index contributed by atoms with van der Waals surface area (Å²) in [6.07, 6.45) is 1.14. The highest BCUT2D eigenvalue weighted by atomic mass is 32.1. The van der Waals surface area contributed by atoms with Crippen molar-refractivity contribution in [1.82, 2.24) is 19.2 Å². The number of rotatable bonds is 2. The van der Waals surface area contributed by atoms with Crippen LogP contribution < -0.4 is 4.90 Å². The molecule has 23 heavy (non-hydrogen) atoms. The molecule has 0 saturated heterocycles. The van der Waals surface area contributed by atoms with Crippen LogP contribution in [0.25, 0.3) is 5.78 Å². The predicted octanol–water partition coefficient (Wildman–Crippen LogP) is 2.10. The van der Waals surface area contributed by atoms with Gasteiger partial charge in [-0.3, -0.25) is 4.40 Å². The first kappa shape index (κ1) is 15.0. The quantitative estimate of drug-likeness (QED) is 0.723. The van der Waals surface area contributed by atoms with Crippen molar-refractivity contribution < 1.29 is 4.90 Å². The van der Waals surface area contributed by atoms with Crippen molar-refractivity contribution in [3.8, 4) is 0 Å². The zero-order valence-corrected chi connectivity index (χ0v) is 15.2. The molecule has 120 valence electrons. The van der Waals surface area contributed by atoms with Gasteiger partial charge < -0.3 is 4.90 Å². The molecule has 0 amide bonds. The third-order valence-corrected chi connectivity index (χ3v) is 6.14. The second kappa shape index (κ2) is 5.51. The molecule has 3 aromatic heterocycles. The maximum absolute atomic E-state index is 5.64. The van der Waals surface area contributed by atoms with E-state index in [1.807, 2.05) is 33.4 Å².